The Kier molecular flexibility index (Phi) is 4.52. The number of nitro benzene ring substituents is 1. The van der Waals surface area contributed by atoms with Crippen molar-refractivity contribution in [2.24, 2.45) is 5.10 Å². The fraction of sp³-hybridized carbons (Fsp3) is 0.0526. The Morgan fingerprint density at radius 1 is 0.960 bits per heavy atom. The molecule has 0 aliphatic heterocycles. The number of non-ortho nitro benzene ring substituents is 1. The largest absolute Gasteiger partial charge is 0.271 e. The molecule has 3 aromatic rings. The highest BCUT2D eigenvalue weighted by Gasteiger charge is 2.11. The van der Waals surface area contributed by atoms with Gasteiger partial charge in [-0.25, -0.2) is 5.43 Å². The molecule has 6 heteroatoms. The summed E-state index contributed by atoms with van der Waals surface area (Å²) in [7, 11) is 0. The summed E-state index contributed by atoms with van der Waals surface area (Å²) in [6, 6.07) is 19.4. The first kappa shape index (κ1) is 16.3. The second-order valence-corrected chi connectivity index (χ2v) is 5.51. The molecule has 3 aromatic carbocycles. The quantitative estimate of drug-likeness (QED) is 0.446. The van der Waals surface area contributed by atoms with E-state index in [4.69, 9.17) is 0 Å². The number of carbonyl (C=O) groups is 1. The van der Waals surface area contributed by atoms with Gasteiger partial charge in [-0.15, -0.1) is 0 Å². The lowest BCUT2D eigenvalue weighted by Crippen LogP contribution is -2.19. The van der Waals surface area contributed by atoms with Gasteiger partial charge in [0.2, 0.25) is 0 Å². The van der Waals surface area contributed by atoms with Crippen molar-refractivity contribution < 1.29 is 9.72 Å². The molecule has 0 heterocycles. The molecular weight excluding hydrogens is 318 g/mol. The number of hydrogen-bond acceptors (Lipinski definition) is 4. The van der Waals surface area contributed by atoms with Crippen molar-refractivity contribution in [1.29, 1.82) is 0 Å². The van der Waals surface area contributed by atoms with Crippen LogP contribution in [0.1, 0.15) is 22.8 Å². The van der Waals surface area contributed by atoms with Crippen LogP contribution in [0.5, 0.6) is 0 Å². The molecule has 0 aromatic heterocycles. The van der Waals surface area contributed by atoms with Gasteiger partial charge in [0.05, 0.1) is 10.6 Å². The first-order valence-electron chi connectivity index (χ1n) is 7.63. The highest BCUT2D eigenvalue weighted by molar-refractivity contribution is 6.03. The molecule has 0 fully saturated rings. The fourth-order valence-electron chi connectivity index (χ4n) is 2.44. The number of nitro groups is 1. The summed E-state index contributed by atoms with van der Waals surface area (Å²) in [6.07, 6.45) is 0. The summed E-state index contributed by atoms with van der Waals surface area (Å²) >= 11 is 0. The third-order valence-corrected chi connectivity index (χ3v) is 3.81. The fourth-order valence-corrected chi connectivity index (χ4v) is 2.44. The van der Waals surface area contributed by atoms with Crippen molar-refractivity contribution in [2.45, 2.75) is 6.92 Å². The predicted molar refractivity (Wildman–Crippen MR) is 96.7 cm³/mol. The molecule has 1 N–H and O–H groups in total. The topological polar surface area (TPSA) is 84.6 Å². The zero-order chi connectivity index (χ0) is 17.8. The van der Waals surface area contributed by atoms with Crippen LogP contribution in [0.25, 0.3) is 10.8 Å². The zero-order valence-corrected chi connectivity index (χ0v) is 13.5. The minimum atomic E-state index is -0.541. The Bertz CT molecular complexity index is 996. The standard InChI is InChI=1S/C19H15N3O3/c1-13(15-10-9-14-5-2-3-6-16(14)11-15)20-21-19(23)17-7-4-8-18(12-17)22(24)25/h2-12H,1H3,(H,21,23)/b20-13+. The molecule has 0 radical (unpaired) electrons. The molecule has 0 aliphatic carbocycles. The van der Waals surface area contributed by atoms with E-state index in [1.807, 2.05) is 42.5 Å². The lowest BCUT2D eigenvalue weighted by atomic mass is 10.0. The van der Waals surface area contributed by atoms with Crippen LogP contribution < -0.4 is 5.43 Å². The molecular formula is C19H15N3O3. The van der Waals surface area contributed by atoms with Gasteiger partial charge in [-0.05, 0) is 35.4 Å². The molecule has 1 amide bonds. The van der Waals surface area contributed by atoms with Gasteiger partial charge >= 0.3 is 0 Å². The molecule has 124 valence electrons. The van der Waals surface area contributed by atoms with Crippen LogP contribution in [0.15, 0.2) is 71.8 Å². The second kappa shape index (κ2) is 6.92. The third kappa shape index (κ3) is 3.69. The molecule has 0 spiro atoms. The van der Waals surface area contributed by atoms with Gasteiger partial charge in [-0.1, -0.05) is 42.5 Å². The highest BCUT2D eigenvalue weighted by Crippen LogP contribution is 2.16. The van der Waals surface area contributed by atoms with E-state index in [1.165, 1.54) is 24.3 Å². The van der Waals surface area contributed by atoms with E-state index in [1.54, 1.807) is 6.92 Å². The van der Waals surface area contributed by atoms with Crippen LogP contribution in [0.3, 0.4) is 0 Å². The summed E-state index contributed by atoms with van der Waals surface area (Å²) in [5.74, 6) is -0.496. The van der Waals surface area contributed by atoms with Crippen LogP contribution in [-0.4, -0.2) is 16.5 Å². The Balaban J connectivity index is 1.79. The number of amides is 1. The normalized spacial score (nSPS) is 11.3. The van der Waals surface area contributed by atoms with Crippen LogP contribution >= 0.6 is 0 Å². The number of rotatable bonds is 4. The van der Waals surface area contributed by atoms with E-state index in [-0.39, 0.29) is 11.3 Å². The summed E-state index contributed by atoms with van der Waals surface area (Å²) in [5.41, 5.74) is 4.02. The van der Waals surface area contributed by atoms with Crippen molar-refractivity contribution in [3.8, 4) is 0 Å². The molecule has 6 nitrogen and oxygen atoms in total. The number of hydrazone groups is 1. The van der Waals surface area contributed by atoms with E-state index in [0.717, 1.165) is 16.3 Å². The van der Waals surface area contributed by atoms with Crippen molar-refractivity contribution in [3.63, 3.8) is 0 Å². The molecule has 0 aliphatic rings. The average Bonchev–Trinajstić information content (AvgIpc) is 2.65. The molecule has 0 bridgehead atoms. The maximum atomic E-state index is 12.1. The third-order valence-electron chi connectivity index (χ3n) is 3.81. The predicted octanol–water partition coefficient (Wildman–Crippen LogP) is 3.90. The number of benzene rings is 3. The smallest absolute Gasteiger partial charge is 0.267 e. The lowest BCUT2D eigenvalue weighted by Gasteiger charge is -2.05. The van der Waals surface area contributed by atoms with Gasteiger partial charge in [0.15, 0.2) is 0 Å². The average molecular weight is 333 g/mol. The second-order valence-electron chi connectivity index (χ2n) is 5.51. The number of nitrogens with one attached hydrogen (secondary N) is 1. The summed E-state index contributed by atoms with van der Waals surface area (Å²) < 4.78 is 0. The van der Waals surface area contributed by atoms with Crippen molar-refractivity contribution in [3.05, 3.63) is 88.0 Å². The molecule has 0 saturated carbocycles. The molecule has 0 atom stereocenters. The number of hydrogen-bond donors (Lipinski definition) is 1. The van der Waals surface area contributed by atoms with Crippen molar-refractivity contribution in [1.82, 2.24) is 5.43 Å². The van der Waals surface area contributed by atoms with Crippen molar-refractivity contribution in [2.75, 3.05) is 0 Å². The van der Waals surface area contributed by atoms with Crippen LogP contribution in [0.2, 0.25) is 0 Å². The van der Waals surface area contributed by atoms with Crippen LogP contribution in [0, 0.1) is 10.1 Å². The monoisotopic (exact) mass is 333 g/mol. The Labute approximate surface area is 143 Å². The Morgan fingerprint density at radius 3 is 2.48 bits per heavy atom. The van der Waals surface area contributed by atoms with E-state index in [0.29, 0.717) is 5.71 Å². The van der Waals surface area contributed by atoms with Crippen LogP contribution in [0.4, 0.5) is 5.69 Å². The number of fused-ring (bicyclic) bond motifs is 1. The maximum Gasteiger partial charge on any atom is 0.271 e. The maximum absolute atomic E-state index is 12.1. The lowest BCUT2D eigenvalue weighted by molar-refractivity contribution is -0.384. The van der Waals surface area contributed by atoms with E-state index in [2.05, 4.69) is 10.5 Å². The highest BCUT2D eigenvalue weighted by atomic mass is 16.6. The summed E-state index contributed by atoms with van der Waals surface area (Å²) in [4.78, 5) is 22.4. The van der Waals surface area contributed by atoms with Gasteiger partial charge in [-0.2, -0.15) is 5.10 Å². The number of nitrogens with zero attached hydrogens (tertiary/aromatic N) is 2. The molecule has 0 unspecified atom stereocenters. The van der Waals surface area contributed by atoms with E-state index >= 15 is 0 Å². The van der Waals surface area contributed by atoms with Gasteiger partial charge in [0.25, 0.3) is 11.6 Å². The first-order valence-corrected chi connectivity index (χ1v) is 7.63. The van der Waals surface area contributed by atoms with Gasteiger partial charge < -0.3 is 0 Å². The first-order chi connectivity index (χ1) is 12.0. The van der Waals surface area contributed by atoms with Crippen LogP contribution in [-0.2, 0) is 0 Å². The van der Waals surface area contributed by atoms with Gasteiger partial charge in [0.1, 0.15) is 0 Å². The summed E-state index contributed by atoms with van der Waals surface area (Å²) in [5, 5.41) is 17.1. The summed E-state index contributed by atoms with van der Waals surface area (Å²) in [6.45, 7) is 1.79. The Morgan fingerprint density at radius 2 is 1.72 bits per heavy atom. The minimum Gasteiger partial charge on any atom is -0.267 e. The van der Waals surface area contributed by atoms with Gasteiger partial charge in [-0.3, -0.25) is 14.9 Å². The van der Waals surface area contributed by atoms with Gasteiger partial charge in [0, 0.05) is 17.7 Å². The number of carbonyl (C=O) groups excluding carboxylic acids is 1. The molecule has 0 saturated heterocycles. The van der Waals surface area contributed by atoms with E-state index in [9.17, 15) is 14.9 Å². The Hall–Kier alpha value is -3.54. The SMILES string of the molecule is C/C(=N\NC(=O)c1cccc([N+](=O)[O-])c1)c1ccc2ccccc2c1. The molecule has 3 rings (SSSR count). The van der Waals surface area contributed by atoms with Crippen molar-refractivity contribution >= 4 is 28.1 Å². The minimum absolute atomic E-state index is 0.136. The van der Waals surface area contributed by atoms with E-state index < -0.39 is 10.8 Å². The molecule has 25 heavy (non-hydrogen) atoms. The zero-order valence-electron chi connectivity index (χ0n) is 13.5.